The number of amides is 2. The normalized spacial score (nSPS) is 19.5. The van der Waals surface area contributed by atoms with Crippen LogP contribution in [0.4, 0.5) is 0 Å². The van der Waals surface area contributed by atoms with E-state index in [1.54, 1.807) is 29.3 Å². The molecule has 1 aromatic carbocycles. The Kier molecular flexibility index (Phi) is 5.71. The molecule has 0 aliphatic carbocycles. The highest BCUT2D eigenvalue weighted by molar-refractivity contribution is 5.86. The number of hydrogen-bond acceptors (Lipinski definition) is 6. The molecule has 1 aromatic heterocycles. The van der Waals surface area contributed by atoms with Gasteiger partial charge in [0, 0.05) is 37.5 Å². The molecule has 1 atom stereocenters. The third kappa shape index (κ3) is 4.22. The maximum Gasteiger partial charge on any atom is 0.242 e. The van der Waals surface area contributed by atoms with E-state index in [4.69, 9.17) is 9.47 Å². The van der Waals surface area contributed by atoms with Gasteiger partial charge in [0.05, 0.1) is 38.2 Å². The number of nitrogens with zero attached hydrogens (tertiary/aromatic N) is 4. The maximum atomic E-state index is 12.7. The molecule has 0 unspecified atom stereocenters. The van der Waals surface area contributed by atoms with Gasteiger partial charge >= 0.3 is 0 Å². The van der Waals surface area contributed by atoms with Crippen molar-refractivity contribution in [2.24, 2.45) is 0 Å². The van der Waals surface area contributed by atoms with E-state index in [2.05, 4.69) is 9.97 Å². The van der Waals surface area contributed by atoms with E-state index in [0.717, 1.165) is 17.7 Å². The molecule has 2 aliphatic heterocycles. The Morgan fingerprint density at radius 1 is 1.28 bits per heavy atom. The van der Waals surface area contributed by atoms with Crippen LogP contribution in [0.1, 0.15) is 24.6 Å². The van der Waals surface area contributed by atoms with Crippen molar-refractivity contribution in [3.8, 4) is 17.0 Å². The zero-order valence-corrected chi connectivity index (χ0v) is 16.4. The minimum atomic E-state index is -0.378. The number of benzene rings is 1. The number of carbonyl (C=O) groups excluding carboxylic acids is 2. The Balaban J connectivity index is 1.52. The topological polar surface area (TPSA) is 84.9 Å². The molecule has 4 rings (SSSR count). The van der Waals surface area contributed by atoms with Gasteiger partial charge in [0.15, 0.2) is 0 Å². The number of likely N-dealkylation sites (tertiary alicyclic amines) is 1. The first-order valence-electron chi connectivity index (χ1n) is 9.78. The van der Waals surface area contributed by atoms with Crippen LogP contribution in [0.2, 0.25) is 0 Å². The van der Waals surface area contributed by atoms with Crippen LogP contribution in [0.15, 0.2) is 36.7 Å². The molecule has 8 nitrogen and oxygen atoms in total. The first kappa shape index (κ1) is 19.3. The molecule has 2 amide bonds. The van der Waals surface area contributed by atoms with Crippen LogP contribution in [0.5, 0.6) is 5.75 Å². The van der Waals surface area contributed by atoms with Gasteiger partial charge in [-0.3, -0.25) is 19.6 Å². The SMILES string of the molecule is COc1cccc(-c2nccnc2[C@@H]2CN(C(=O)CN3CCCC3=O)CCO2)c1. The van der Waals surface area contributed by atoms with Crippen molar-refractivity contribution in [2.75, 3.05) is 39.9 Å². The molecule has 0 radical (unpaired) electrons. The molecular formula is C21H24N4O4. The molecule has 8 heteroatoms. The summed E-state index contributed by atoms with van der Waals surface area (Å²) in [6.45, 7) is 2.10. The number of aromatic nitrogens is 2. The summed E-state index contributed by atoms with van der Waals surface area (Å²) in [6.07, 6.45) is 4.25. The number of rotatable bonds is 5. The van der Waals surface area contributed by atoms with Gasteiger partial charge in [0.2, 0.25) is 11.8 Å². The molecule has 3 heterocycles. The van der Waals surface area contributed by atoms with Crippen LogP contribution in [-0.2, 0) is 14.3 Å². The van der Waals surface area contributed by atoms with E-state index in [-0.39, 0.29) is 24.5 Å². The maximum absolute atomic E-state index is 12.7. The van der Waals surface area contributed by atoms with Crippen LogP contribution in [0, 0.1) is 0 Å². The van der Waals surface area contributed by atoms with Crippen molar-refractivity contribution in [1.82, 2.24) is 19.8 Å². The van der Waals surface area contributed by atoms with Crippen LogP contribution >= 0.6 is 0 Å². The van der Waals surface area contributed by atoms with Crippen LogP contribution in [0.3, 0.4) is 0 Å². The van der Waals surface area contributed by atoms with Gasteiger partial charge in [-0.15, -0.1) is 0 Å². The second kappa shape index (κ2) is 8.57. The van der Waals surface area contributed by atoms with E-state index >= 15 is 0 Å². The van der Waals surface area contributed by atoms with Gasteiger partial charge in [-0.1, -0.05) is 12.1 Å². The van der Waals surface area contributed by atoms with Crippen molar-refractivity contribution in [3.05, 3.63) is 42.4 Å². The third-order valence-electron chi connectivity index (χ3n) is 5.29. The molecular weight excluding hydrogens is 372 g/mol. The molecule has 0 spiro atoms. The van der Waals surface area contributed by atoms with Crippen molar-refractivity contribution >= 4 is 11.8 Å². The summed E-state index contributed by atoms with van der Waals surface area (Å²) in [5.74, 6) is 0.730. The molecule has 29 heavy (non-hydrogen) atoms. The quantitative estimate of drug-likeness (QED) is 0.764. The number of ether oxygens (including phenoxy) is 2. The lowest BCUT2D eigenvalue weighted by molar-refractivity contribution is -0.143. The first-order valence-corrected chi connectivity index (χ1v) is 9.78. The summed E-state index contributed by atoms with van der Waals surface area (Å²) in [5.41, 5.74) is 2.28. The zero-order valence-electron chi connectivity index (χ0n) is 16.4. The highest BCUT2D eigenvalue weighted by atomic mass is 16.5. The standard InChI is InChI=1S/C21H24N4O4/c1-28-16-5-2-4-15(12-16)20-21(23-8-7-22-20)17-13-25(10-11-29-17)19(27)14-24-9-3-6-18(24)26/h2,4-5,7-8,12,17H,3,6,9-11,13-14H2,1H3/t17-/m0/s1. The zero-order chi connectivity index (χ0) is 20.2. The van der Waals surface area contributed by atoms with E-state index in [1.165, 1.54) is 0 Å². The number of morpholine rings is 1. The summed E-state index contributed by atoms with van der Waals surface area (Å²) in [4.78, 5) is 37.0. The Labute approximate surface area is 169 Å². The second-order valence-corrected chi connectivity index (χ2v) is 7.14. The monoisotopic (exact) mass is 396 g/mol. The largest absolute Gasteiger partial charge is 0.497 e. The summed E-state index contributed by atoms with van der Waals surface area (Å²) < 4.78 is 11.3. The molecule has 2 aromatic rings. The molecule has 0 N–H and O–H groups in total. The fourth-order valence-corrected chi connectivity index (χ4v) is 3.75. The fourth-order valence-electron chi connectivity index (χ4n) is 3.75. The summed E-state index contributed by atoms with van der Waals surface area (Å²) in [6, 6.07) is 7.62. The number of carbonyl (C=O) groups is 2. The van der Waals surface area contributed by atoms with Crippen molar-refractivity contribution in [3.63, 3.8) is 0 Å². The molecule has 2 aliphatic rings. The Bertz CT molecular complexity index is 904. The molecule has 0 bridgehead atoms. The van der Waals surface area contributed by atoms with Gasteiger partial charge in [-0.05, 0) is 18.6 Å². The van der Waals surface area contributed by atoms with E-state index < -0.39 is 0 Å². The average Bonchev–Trinajstić information content (AvgIpc) is 3.18. The number of methoxy groups -OCH3 is 1. The minimum absolute atomic E-state index is 0.0531. The lowest BCUT2D eigenvalue weighted by Gasteiger charge is -2.34. The smallest absolute Gasteiger partial charge is 0.242 e. The molecule has 152 valence electrons. The van der Waals surface area contributed by atoms with Crippen molar-refractivity contribution < 1.29 is 19.1 Å². The lowest BCUT2D eigenvalue weighted by atomic mass is 10.0. The highest BCUT2D eigenvalue weighted by Gasteiger charge is 2.31. The molecule has 0 saturated carbocycles. The lowest BCUT2D eigenvalue weighted by Crippen LogP contribution is -2.47. The van der Waals surface area contributed by atoms with Crippen LogP contribution in [-0.4, -0.2) is 71.5 Å². The molecule has 2 saturated heterocycles. The van der Waals surface area contributed by atoms with Crippen molar-refractivity contribution in [2.45, 2.75) is 18.9 Å². The average molecular weight is 396 g/mol. The van der Waals surface area contributed by atoms with E-state index in [9.17, 15) is 9.59 Å². The first-order chi connectivity index (χ1) is 14.2. The Morgan fingerprint density at radius 2 is 2.14 bits per heavy atom. The third-order valence-corrected chi connectivity index (χ3v) is 5.29. The van der Waals surface area contributed by atoms with Gasteiger partial charge in [0.25, 0.3) is 0 Å². The van der Waals surface area contributed by atoms with Crippen molar-refractivity contribution in [1.29, 1.82) is 0 Å². The predicted octanol–water partition coefficient (Wildman–Crippen LogP) is 1.67. The summed E-state index contributed by atoms with van der Waals surface area (Å²) in [7, 11) is 1.62. The summed E-state index contributed by atoms with van der Waals surface area (Å²) in [5, 5.41) is 0. The van der Waals surface area contributed by atoms with E-state index in [0.29, 0.717) is 44.0 Å². The van der Waals surface area contributed by atoms with Gasteiger partial charge in [-0.2, -0.15) is 0 Å². The minimum Gasteiger partial charge on any atom is -0.497 e. The predicted molar refractivity (Wildman–Crippen MR) is 105 cm³/mol. The van der Waals surface area contributed by atoms with Crippen LogP contribution < -0.4 is 4.74 Å². The Morgan fingerprint density at radius 3 is 2.93 bits per heavy atom. The van der Waals surface area contributed by atoms with Crippen LogP contribution in [0.25, 0.3) is 11.3 Å². The van der Waals surface area contributed by atoms with Gasteiger partial charge < -0.3 is 19.3 Å². The number of hydrogen-bond donors (Lipinski definition) is 0. The second-order valence-electron chi connectivity index (χ2n) is 7.14. The Hall–Kier alpha value is -3.00. The molecule has 2 fully saturated rings. The van der Waals surface area contributed by atoms with Gasteiger partial charge in [-0.25, -0.2) is 0 Å². The fraction of sp³-hybridized carbons (Fsp3) is 0.429. The van der Waals surface area contributed by atoms with Gasteiger partial charge in [0.1, 0.15) is 11.9 Å². The van der Waals surface area contributed by atoms with E-state index in [1.807, 2.05) is 24.3 Å². The summed E-state index contributed by atoms with van der Waals surface area (Å²) >= 11 is 0. The highest BCUT2D eigenvalue weighted by Crippen LogP contribution is 2.30.